The molecule has 1 heterocycles. The van der Waals surface area contributed by atoms with Gasteiger partial charge in [0.15, 0.2) is 5.78 Å². The summed E-state index contributed by atoms with van der Waals surface area (Å²) in [4.78, 5) is 26.4. The lowest BCUT2D eigenvalue weighted by Crippen LogP contribution is -2.40. The number of carbonyl (C=O) groups excluding carboxylic acids is 2. The molecular formula is C20H17F4NO2. The summed E-state index contributed by atoms with van der Waals surface area (Å²) in [5.41, 5.74) is -0.470. The van der Waals surface area contributed by atoms with Crippen molar-refractivity contribution in [3.8, 4) is 0 Å². The Morgan fingerprint density at radius 2 is 1.56 bits per heavy atom. The van der Waals surface area contributed by atoms with Crippen LogP contribution >= 0.6 is 0 Å². The maximum absolute atomic E-state index is 13.0. The Balaban J connectivity index is 1.64. The van der Waals surface area contributed by atoms with Crippen molar-refractivity contribution in [1.29, 1.82) is 0 Å². The third kappa shape index (κ3) is 4.35. The van der Waals surface area contributed by atoms with E-state index < -0.39 is 23.5 Å². The molecule has 7 heteroatoms. The first-order chi connectivity index (χ1) is 12.8. The number of hydrogen-bond acceptors (Lipinski definition) is 2. The van der Waals surface area contributed by atoms with Crippen molar-refractivity contribution in [1.82, 2.24) is 4.90 Å². The highest BCUT2D eigenvalue weighted by Crippen LogP contribution is 2.30. The fourth-order valence-electron chi connectivity index (χ4n) is 3.21. The summed E-state index contributed by atoms with van der Waals surface area (Å²) in [6.45, 7) is 0.569. The summed E-state index contributed by atoms with van der Waals surface area (Å²) in [6, 6.07) is 9.63. The Morgan fingerprint density at radius 1 is 0.926 bits per heavy atom. The van der Waals surface area contributed by atoms with E-state index in [0.717, 1.165) is 12.1 Å². The standard InChI is InChI=1S/C20H17F4NO2/c21-17-6-4-13(5-7-17)18(26)14-8-10-25(11-9-14)19(27)15-2-1-3-16(12-15)20(22,23)24/h1-7,12,14H,8-11H2. The molecule has 0 aromatic heterocycles. The van der Waals surface area contributed by atoms with Gasteiger partial charge in [0.05, 0.1) is 5.56 Å². The zero-order valence-corrected chi connectivity index (χ0v) is 14.3. The molecule has 0 bridgehead atoms. The number of carbonyl (C=O) groups is 2. The van der Waals surface area contributed by atoms with Gasteiger partial charge in [0.25, 0.3) is 5.91 Å². The van der Waals surface area contributed by atoms with Gasteiger partial charge in [-0.2, -0.15) is 13.2 Å². The molecule has 3 rings (SSSR count). The zero-order chi connectivity index (χ0) is 19.6. The van der Waals surface area contributed by atoms with Crippen LogP contribution in [0.25, 0.3) is 0 Å². The van der Waals surface area contributed by atoms with Crippen molar-refractivity contribution in [2.45, 2.75) is 19.0 Å². The number of halogens is 4. The summed E-state index contributed by atoms with van der Waals surface area (Å²) in [6.07, 6.45) is -3.67. The fourth-order valence-corrected chi connectivity index (χ4v) is 3.21. The maximum atomic E-state index is 13.0. The largest absolute Gasteiger partial charge is 0.416 e. The van der Waals surface area contributed by atoms with Crippen molar-refractivity contribution >= 4 is 11.7 Å². The number of ketones is 1. The van der Waals surface area contributed by atoms with E-state index in [-0.39, 0.29) is 30.4 Å². The molecule has 1 fully saturated rings. The van der Waals surface area contributed by atoms with E-state index in [9.17, 15) is 27.2 Å². The molecule has 1 aliphatic heterocycles. The molecule has 0 unspecified atom stereocenters. The molecule has 2 aromatic rings. The molecule has 1 amide bonds. The lowest BCUT2D eigenvalue weighted by atomic mass is 9.88. The number of hydrogen-bond donors (Lipinski definition) is 0. The molecule has 2 aromatic carbocycles. The van der Waals surface area contributed by atoms with Crippen LogP contribution in [0.2, 0.25) is 0 Å². The normalized spacial score (nSPS) is 15.6. The second-order valence-corrected chi connectivity index (χ2v) is 6.52. The van der Waals surface area contributed by atoms with Gasteiger partial charge in [-0.3, -0.25) is 9.59 Å². The number of amides is 1. The average Bonchev–Trinajstić information content (AvgIpc) is 2.67. The maximum Gasteiger partial charge on any atom is 0.416 e. The van der Waals surface area contributed by atoms with E-state index in [1.165, 1.54) is 41.3 Å². The molecule has 0 saturated carbocycles. The summed E-state index contributed by atoms with van der Waals surface area (Å²) in [5.74, 6) is -1.30. The van der Waals surface area contributed by atoms with Crippen LogP contribution in [-0.2, 0) is 6.18 Å². The first-order valence-electron chi connectivity index (χ1n) is 8.52. The van der Waals surface area contributed by atoms with Crippen molar-refractivity contribution < 1.29 is 27.2 Å². The smallest absolute Gasteiger partial charge is 0.339 e. The average molecular weight is 379 g/mol. The number of piperidine rings is 1. The number of Topliss-reactive ketones (excluding diaryl/α,β-unsaturated/α-hetero) is 1. The van der Waals surface area contributed by atoms with E-state index in [1.54, 1.807) is 0 Å². The van der Waals surface area contributed by atoms with Crippen LogP contribution < -0.4 is 0 Å². The van der Waals surface area contributed by atoms with Crippen molar-refractivity contribution in [3.05, 3.63) is 71.0 Å². The van der Waals surface area contributed by atoms with Gasteiger partial charge in [0, 0.05) is 30.1 Å². The van der Waals surface area contributed by atoms with Crippen LogP contribution in [0.1, 0.15) is 39.1 Å². The topological polar surface area (TPSA) is 37.4 Å². The highest BCUT2D eigenvalue weighted by atomic mass is 19.4. The second kappa shape index (κ2) is 7.50. The van der Waals surface area contributed by atoms with Gasteiger partial charge in [-0.25, -0.2) is 4.39 Å². The predicted molar refractivity (Wildman–Crippen MR) is 90.8 cm³/mol. The van der Waals surface area contributed by atoms with E-state index in [4.69, 9.17) is 0 Å². The Hall–Kier alpha value is -2.70. The molecule has 0 spiro atoms. The SMILES string of the molecule is O=C(c1ccc(F)cc1)C1CCN(C(=O)c2cccc(C(F)(F)F)c2)CC1. The van der Waals surface area contributed by atoms with Gasteiger partial charge in [0.1, 0.15) is 5.82 Å². The van der Waals surface area contributed by atoms with Crippen molar-refractivity contribution in [3.63, 3.8) is 0 Å². The minimum absolute atomic E-state index is 0.0202. The molecule has 1 saturated heterocycles. The van der Waals surface area contributed by atoms with Crippen LogP contribution in [0.5, 0.6) is 0 Å². The van der Waals surface area contributed by atoms with Crippen LogP contribution in [0.4, 0.5) is 17.6 Å². The van der Waals surface area contributed by atoms with Gasteiger partial charge < -0.3 is 4.90 Å². The molecule has 0 radical (unpaired) electrons. The number of nitrogens with zero attached hydrogens (tertiary/aromatic N) is 1. The molecular weight excluding hydrogens is 362 g/mol. The molecule has 3 nitrogen and oxygen atoms in total. The third-order valence-electron chi connectivity index (χ3n) is 4.72. The van der Waals surface area contributed by atoms with E-state index in [1.807, 2.05) is 0 Å². The number of benzene rings is 2. The van der Waals surface area contributed by atoms with Gasteiger partial charge in [-0.15, -0.1) is 0 Å². The third-order valence-corrected chi connectivity index (χ3v) is 4.72. The Kier molecular flexibility index (Phi) is 5.30. The summed E-state index contributed by atoms with van der Waals surface area (Å²) >= 11 is 0. The summed E-state index contributed by atoms with van der Waals surface area (Å²) in [5, 5.41) is 0. The summed E-state index contributed by atoms with van der Waals surface area (Å²) < 4.78 is 51.4. The van der Waals surface area contributed by atoms with Crippen LogP contribution in [0.15, 0.2) is 48.5 Å². The predicted octanol–water partition coefficient (Wildman–Crippen LogP) is 4.58. The Labute approximate surface area is 153 Å². The second-order valence-electron chi connectivity index (χ2n) is 6.52. The minimum atomic E-state index is -4.51. The van der Waals surface area contributed by atoms with Crippen LogP contribution in [-0.4, -0.2) is 29.7 Å². The first kappa shape index (κ1) is 19.1. The van der Waals surface area contributed by atoms with E-state index in [0.29, 0.717) is 18.4 Å². The van der Waals surface area contributed by atoms with Gasteiger partial charge >= 0.3 is 6.18 Å². The lowest BCUT2D eigenvalue weighted by Gasteiger charge is -2.31. The van der Waals surface area contributed by atoms with E-state index in [2.05, 4.69) is 0 Å². The van der Waals surface area contributed by atoms with Crippen molar-refractivity contribution in [2.24, 2.45) is 5.92 Å². The van der Waals surface area contributed by atoms with Crippen LogP contribution in [0.3, 0.4) is 0 Å². The molecule has 142 valence electrons. The molecule has 1 aliphatic rings. The van der Waals surface area contributed by atoms with Crippen molar-refractivity contribution in [2.75, 3.05) is 13.1 Å². The number of rotatable bonds is 3. The first-order valence-corrected chi connectivity index (χ1v) is 8.52. The fraction of sp³-hybridized carbons (Fsp3) is 0.300. The summed E-state index contributed by atoms with van der Waals surface area (Å²) in [7, 11) is 0. The molecule has 0 aliphatic carbocycles. The number of alkyl halides is 3. The monoisotopic (exact) mass is 379 g/mol. The highest BCUT2D eigenvalue weighted by molar-refractivity contribution is 5.98. The Bertz CT molecular complexity index is 838. The molecule has 27 heavy (non-hydrogen) atoms. The minimum Gasteiger partial charge on any atom is -0.339 e. The quantitative estimate of drug-likeness (QED) is 0.578. The molecule has 0 atom stereocenters. The van der Waals surface area contributed by atoms with Crippen LogP contribution in [0, 0.1) is 11.7 Å². The van der Waals surface area contributed by atoms with Gasteiger partial charge in [-0.1, -0.05) is 6.07 Å². The zero-order valence-electron chi connectivity index (χ0n) is 14.3. The lowest BCUT2D eigenvalue weighted by molar-refractivity contribution is -0.137. The Morgan fingerprint density at radius 3 is 2.15 bits per heavy atom. The number of likely N-dealkylation sites (tertiary alicyclic amines) is 1. The van der Waals surface area contributed by atoms with Gasteiger partial charge in [0.2, 0.25) is 0 Å². The van der Waals surface area contributed by atoms with Gasteiger partial charge in [-0.05, 0) is 55.3 Å². The van der Waals surface area contributed by atoms with E-state index >= 15 is 0 Å². The molecule has 0 N–H and O–H groups in total. The highest BCUT2D eigenvalue weighted by Gasteiger charge is 2.32.